The quantitative estimate of drug-likeness (QED) is 0.815. The van der Waals surface area contributed by atoms with Gasteiger partial charge in [0, 0.05) is 36.9 Å². The zero-order chi connectivity index (χ0) is 12.1. The fourth-order valence-corrected chi connectivity index (χ4v) is 2.24. The van der Waals surface area contributed by atoms with Crippen LogP contribution < -0.4 is 10.2 Å². The summed E-state index contributed by atoms with van der Waals surface area (Å²) in [4.78, 5) is 17.9. The second-order valence-electron chi connectivity index (χ2n) is 3.86. The second kappa shape index (κ2) is 5.79. The molecule has 0 aliphatic heterocycles. The Morgan fingerprint density at radius 2 is 2.41 bits per heavy atom. The van der Waals surface area contributed by atoms with Gasteiger partial charge in [-0.05, 0) is 6.42 Å². The van der Waals surface area contributed by atoms with Crippen LogP contribution in [0.4, 0.5) is 0 Å². The zero-order valence-corrected chi connectivity index (χ0v) is 10.6. The fraction of sp³-hybridized carbons (Fsp3) is 0.455. The van der Waals surface area contributed by atoms with Crippen molar-refractivity contribution in [3.8, 4) is 0 Å². The van der Waals surface area contributed by atoms with E-state index in [0.29, 0.717) is 6.54 Å². The normalized spacial score (nSPS) is 10.9. The summed E-state index contributed by atoms with van der Waals surface area (Å²) in [7, 11) is 0. The van der Waals surface area contributed by atoms with Crippen LogP contribution in [-0.4, -0.2) is 14.5 Å². The van der Waals surface area contributed by atoms with E-state index in [1.807, 2.05) is 17.9 Å². The van der Waals surface area contributed by atoms with Crippen molar-refractivity contribution in [2.45, 2.75) is 33.0 Å². The second-order valence-corrected chi connectivity index (χ2v) is 4.70. The van der Waals surface area contributed by atoms with Crippen LogP contribution in [0.15, 0.2) is 22.7 Å². The Morgan fingerprint density at radius 1 is 1.53 bits per heavy atom. The van der Waals surface area contributed by atoms with E-state index < -0.39 is 0 Å². The van der Waals surface area contributed by atoms with Gasteiger partial charge in [0.25, 0.3) is 0 Å². The number of nitrogens with zero attached hydrogens (tertiary/aromatic N) is 2. The van der Waals surface area contributed by atoms with Crippen LogP contribution in [0.5, 0.6) is 0 Å². The Hall–Kier alpha value is -1.40. The van der Waals surface area contributed by atoms with E-state index >= 15 is 0 Å². The Kier molecular flexibility index (Phi) is 4.11. The zero-order valence-electron chi connectivity index (χ0n) is 9.77. The van der Waals surface area contributed by atoms with E-state index in [4.69, 9.17) is 0 Å². The highest BCUT2D eigenvalue weighted by molar-refractivity contribution is 7.07. The average molecular weight is 252 g/mol. The molecule has 0 atom stereocenters. The molecule has 0 saturated carbocycles. The van der Waals surface area contributed by atoms with Gasteiger partial charge >= 0.3 is 4.87 Å². The van der Waals surface area contributed by atoms with Gasteiger partial charge in [-0.15, -0.1) is 0 Å². The smallest absolute Gasteiger partial charge is 0.304 e. The number of thiazole rings is 1. The van der Waals surface area contributed by atoms with Gasteiger partial charge < -0.3 is 14.9 Å². The molecule has 2 aromatic rings. The van der Waals surface area contributed by atoms with Gasteiger partial charge in [0.2, 0.25) is 0 Å². The van der Waals surface area contributed by atoms with Crippen LogP contribution in [0.2, 0.25) is 0 Å². The third kappa shape index (κ3) is 3.28. The molecular weight excluding hydrogens is 236 g/mol. The highest BCUT2D eigenvalue weighted by Gasteiger charge is 2.01. The molecule has 0 saturated heterocycles. The minimum atomic E-state index is -0.00201. The third-order valence-electron chi connectivity index (χ3n) is 2.46. The molecule has 5 nitrogen and oxygen atoms in total. The van der Waals surface area contributed by atoms with Crippen molar-refractivity contribution in [1.29, 1.82) is 0 Å². The summed E-state index contributed by atoms with van der Waals surface area (Å²) in [6, 6.07) is 0. The number of rotatable bonds is 6. The molecular formula is C11H16N4OS. The molecule has 0 radical (unpaired) electrons. The van der Waals surface area contributed by atoms with Crippen LogP contribution in [0.3, 0.4) is 0 Å². The molecule has 0 unspecified atom stereocenters. The first-order valence-electron chi connectivity index (χ1n) is 5.66. The number of hydrogen-bond donors (Lipinski definition) is 2. The number of hydrogen-bond acceptors (Lipinski definition) is 4. The minimum Gasteiger partial charge on any atom is -0.333 e. The molecule has 0 fully saturated rings. The summed E-state index contributed by atoms with van der Waals surface area (Å²) in [5, 5.41) is 5.14. The van der Waals surface area contributed by atoms with Crippen molar-refractivity contribution in [1.82, 2.24) is 19.9 Å². The van der Waals surface area contributed by atoms with Gasteiger partial charge in [0.15, 0.2) is 0 Å². The number of aromatic nitrogens is 3. The molecule has 2 heterocycles. The maximum atomic E-state index is 10.9. The maximum Gasteiger partial charge on any atom is 0.304 e. The largest absolute Gasteiger partial charge is 0.333 e. The predicted molar refractivity (Wildman–Crippen MR) is 68.0 cm³/mol. The third-order valence-corrected chi connectivity index (χ3v) is 3.17. The molecule has 0 spiro atoms. The monoisotopic (exact) mass is 252 g/mol. The summed E-state index contributed by atoms with van der Waals surface area (Å²) in [6.07, 6.45) is 4.83. The molecule has 17 heavy (non-hydrogen) atoms. The lowest BCUT2D eigenvalue weighted by Crippen LogP contribution is -2.16. The van der Waals surface area contributed by atoms with Gasteiger partial charge in [-0.3, -0.25) is 4.79 Å². The lowest BCUT2D eigenvalue weighted by atomic mass is 10.4. The van der Waals surface area contributed by atoms with Crippen LogP contribution in [0, 0.1) is 0 Å². The van der Waals surface area contributed by atoms with Crippen LogP contribution in [0.1, 0.15) is 24.7 Å². The molecule has 0 aliphatic carbocycles. The number of aromatic amines is 1. The van der Waals surface area contributed by atoms with E-state index in [1.165, 1.54) is 17.0 Å². The van der Waals surface area contributed by atoms with E-state index in [-0.39, 0.29) is 4.87 Å². The Labute approximate surface area is 104 Å². The Bertz CT molecular complexity index is 513. The van der Waals surface area contributed by atoms with Crippen molar-refractivity contribution in [2.24, 2.45) is 0 Å². The Morgan fingerprint density at radius 3 is 3.12 bits per heavy atom. The lowest BCUT2D eigenvalue weighted by molar-refractivity contribution is 0.598. The van der Waals surface area contributed by atoms with Crippen LogP contribution in [-0.2, 0) is 19.6 Å². The minimum absolute atomic E-state index is 0.00201. The molecule has 92 valence electrons. The summed E-state index contributed by atoms with van der Waals surface area (Å²) < 4.78 is 2.14. The SMILES string of the molecule is CCCn1cncc1CNCc1csc(=O)[nH]1. The average Bonchev–Trinajstić information content (AvgIpc) is 2.90. The van der Waals surface area contributed by atoms with Crippen molar-refractivity contribution in [3.63, 3.8) is 0 Å². The molecule has 6 heteroatoms. The molecule has 0 aliphatic rings. The number of H-pyrrole nitrogens is 1. The lowest BCUT2D eigenvalue weighted by Gasteiger charge is -2.07. The van der Waals surface area contributed by atoms with Crippen LogP contribution in [0.25, 0.3) is 0 Å². The van der Waals surface area contributed by atoms with Gasteiger partial charge in [0.1, 0.15) is 0 Å². The molecule has 0 amide bonds. The van der Waals surface area contributed by atoms with Crippen molar-refractivity contribution < 1.29 is 0 Å². The summed E-state index contributed by atoms with van der Waals surface area (Å²) in [6.45, 7) is 4.58. The predicted octanol–water partition coefficient (Wildman–Crippen LogP) is 1.33. The van der Waals surface area contributed by atoms with Gasteiger partial charge in [-0.1, -0.05) is 18.3 Å². The van der Waals surface area contributed by atoms with E-state index in [0.717, 1.165) is 25.2 Å². The van der Waals surface area contributed by atoms with Gasteiger partial charge in [0.05, 0.1) is 12.0 Å². The summed E-state index contributed by atoms with van der Waals surface area (Å²) in [5.41, 5.74) is 2.10. The van der Waals surface area contributed by atoms with E-state index in [1.54, 1.807) is 0 Å². The van der Waals surface area contributed by atoms with Gasteiger partial charge in [-0.25, -0.2) is 4.98 Å². The first kappa shape index (κ1) is 12.1. The highest BCUT2D eigenvalue weighted by atomic mass is 32.1. The standard InChI is InChI=1S/C11H16N4OS/c1-2-3-15-8-13-6-10(15)5-12-4-9-7-17-11(16)14-9/h6-8,12H,2-5H2,1H3,(H,14,16). The summed E-state index contributed by atoms with van der Waals surface area (Å²) in [5.74, 6) is 0. The highest BCUT2D eigenvalue weighted by Crippen LogP contribution is 2.01. The van der Waals surface area contributed by atoms with Crippen molar-refractivity contribution in [2.75, 3.05) is 0 Å². The van der Waals surface area contributed by atoms with E-state index in [9.17, 15) is 4.79 Å². The van der Waals surface area contributed by atoms with Crippen molar-refractivity contribution >= 4 is 11.3 Å². The first-order chi connectivity index (χ1) is 8.29. The molecule has 0 bridgehead atoms. The molecule has 2 N–H and O–H groups in total. The number of nitrogens with one attached hydrogen (secondary N) is 2. The molecule has 0 aromatic carbocycles. The van der Waals surface area contributed by atoms with Crippen LogP contribution >= 0.6 is 11.3 Å². The topological polar surface area (TPSA) is 62.7 Å². The van der Waals surface area contributed by atoms with Crippen molar-refractivity contribution in [3.05, 3.63) is 39.0 Å². The Balaban J connectivity index is 1.85. The number of imidazole rings is 1. The molecule has 2 rings (SSSR count). The van der Waals surface area contributed by atoms with E-state index in [2.05, 4.69) is 26.8 Å². The molecule has 2 aromatic heterocycles. The maximum absolute atomic E-state index is 10.9. The summed E-state index contributed by atoms with van der Waals surface area (Å²) >= 11 is 1.19. The van der Waals surface area contributed by atoms with Gasteiger partial charge in [-0.2, -0.15) is 0 Å². The fourth-order valence-electron chi connectivity index (χ4n) is 1.66. The first-order valence-corrected chi connectivity index (χ1v) is 6.54. The number of aryl methyl sites for hydroxylation is 1.